The molecule has 0 atom stereocenters. The van der Waals surface area contributed by atoms with Crippen molar-refractivity contribution in [2.24, 2.45) is 0 Å². The van der Waals surface area contributed by atoms with Gasteiger partial charge in [0.05, 0.1) is 12.0 Å². The smallest absolute Gasteiger partial charge is 0.176 e. The predicted octanol–water partition coefficient (Wildman–Crippen LogP) is 2.52. The molecule has 0 aliphatic rings. The topological polar surface area (TPSA) is 34.1 Å². The highest BCUT2D eigenvalue weighted by Crippen LogP contribution is 2.14. The lowest BCUT2D eigenvalue weighted by atomic mass is 10.0. The van der Waals surface area contributed by atoms with Gasteiger partial charge in [-0.3, -0.25) is 9.59 Å². The maximum atomic E-state index is 13.1. The summed E-state index contributed by atoms with van der Waals surface area (Å²) >= 11 is 0. The Balaban J connectivity index is 2.96. The Kier molecular flexibility index (Phi) is 3.66. The summed E-state index contributed by atoms with van der Waals surface area (Å²) in [7, 11) is 0. The van der Waals surface area contributed by atoms with Crippen LogP contribution in [0.4, 0.5) is 8.78 Å². The highest BCUT2D eigenvalue weighted by Gasteiger charge is 2.18. The fourth-order valence-corrected chi connectivity index (χ4v) is 1.16. The van der Waals surface area contributed by atoms with Gasteiger partial charge in [-0.1, -0.05) is 13.0 Å². The van der Waals surface area contributed by atoms with Crippen LogP contribution in [0.25, 0.3) is 0 Å². The van der Waals surface area contributed by atoms with E-state index in [9.17, 15) is 18.4 Å². The number of rotatable bonds is 4. The van der Waals surface area contributed by atoms with Gasteiger partial charge >= 0.3 is 0 Å². The first kappa shape index (κ1) is 11.5. The molecule has 0 spiro atoms. The summed E-state index contributed by atoms with van der Waals surface area (Å²) in [5.41, 5.74) is -0.626. The third-order valence-corrected chi connectivity index (χ3v) is 1.99. The largest absolute Gasteiger partial charge is 0.299 e. The van der Waals surface area contributed by atoms with Crippen LogP contribution in [0.2, 0.25) is 0 Å². The number of halogens is 2. The van der Waals surface area contributed by atoms with Gasteiger partial charge < -0.3 is 0 Å². The van der Waals surface area contributed by atoms with Crippen LogP contribution in [-0.4, -0.2) is 11.6 Å². The van der Waals surface area contributed by atoms with E-state index in [0.29, 0.717) is 0 Å². The minimum atomic E-state index is -0.927. The van der Waals surface area contributed by atoms with Gasteiger partial charge in [0.25, 0.3) is 0 Å². The fraction of sp³-hybridized carbons (Fsp3) is 0.273. The van der Waals surface area contributed by atoms with Crippen molar-refractivity contribution in [2.75, 3.05) is 0 Å². The standard InChI is InChI=1S/C11H10F2O2/c1-2-7(14)6-10(15)11-8(12)4-3-5-9(11)13/h3-5H,2,6H2,1H3. The van der Waals surface area contributed by atoms with Crippen LogP contribution in [-0.2, 0) is 4.79 Å². The van der Waals surface area contributed by atoms with E-state index < -0.39 is 29.4 Å². The van der Waals surface area contributed by atoms with Crippen molar-refractivity contribution >= 4 is 11.6 Å². The van der Waals surface area contributed by atoms with Gasteiger partial charge in [0.15, 0.2) is 5.78 Å². The molecule has 1 rings (SSSR count). The van der Waals surface area contributed by atoms with Gasteiger partial charge in [-0.25, -0.2) is 8.78 Å². The molecule has 0 saturated heterocycles. The summed E-state index contributed by atoms with van der Waals surface area (Å²) in [5, 5.41) is 0. The van der Waals surface area contributed by atoms with Crippen LogP contribution in [0.15, 0.2) is 18.2 Å². The summed E-state index contributed by atoms with van der Waals surface area (Å²) in [6, 6.07) is 3.16. The van der Waals surface area contributed by atoms with Gasteiger partial charge in [-0.15, -0.1) is 0 Å². The van der Waals surface area contributed by atoms with E-state index in [0.717, 1.165) is 12.1 Å². The summed E-state index contributed by atoms with van der Waals surface area (Å²) in [6.45, 7) is 1.59. The molecule has 0 N–H and O–H groups in total. The van der Waals surface area contributed by atoms with E-state index in [4.69, 9.17) is 0 Å². The van der Waals surface area contributed by atoms with E-state index in [1.54, 1.807) is 6.92 Å². The molecule has 2 nitrogen and oxygen atoms in total. The summed E-state index contributed by atoms with van der Waals surface area (Å²) in [5.74, 6) is -2.99. The Morgan fingerprint density at radius 1 is 1.20 bits per heavy atom. The molecule has 0 radical (unpaired) electrons. The first-order chi connectivity index (χ1) is 7.06. The Morgan fingerprint density at radius 2 is 1.73 bits per heavy atom. The van der Waals surface area contributed by atoms with Crippen LogP contribution < -0.4 is 0 Å². The monoisotopic (exact) mass is 212 g/mol. The number of Topliss-reactive ketones (excluding diaryl/α,β-unsaturated/α-hetero) is 2. The Hall–Kier alpha value is -1.58. The number of ketones is 2. The van der Waals surface area contributed by atoms with Crippen LogP contribution in [0.3, 0.4) is 0 Å². The Bertz CT molecular complexity index is 379. The second kappa shape index (κ2) is 4.77. The summed E-state index contributed by atoms with van der Waals surface area (Å²) in [4.78, 5) is 22.3. The molecule has 1 aromatic rings. The van der Waals surface area contributed by atoms with E-state index in [1.165, 1.54) is 6.07 Å². The van der Waals surface area contributed by atoms with Gasteiger partial charge in [-0.05, 0) is 12.1 Å². The third kappa shape index (κ3) is 2.68. The quantitative estimate of drug-likeness (QED) is 0.567. The van der Waals surface area contributed by atoms with Gasteiger partial charge in [0.1, 0.15) is 17.4 Å². The lowest BCUT2D eigenvalue weighted by Gasteiger charge is -2.02. The minimum Gasteiger partial charge on any atom is -0.299 e. The zero-order chi connectivity index (χ0) is 11.4. The van der Waals surface area contributed by atoms with Crippen molar-refractivity contribution in [2.45, 2.75) is 19.8 Å². The average molecular weight is 212 g/mol. The first-order valence-electron chi connectivity index (χ1n) is 4.55. The number of hydrogen-bond donors (Lipinski definition) is 0. The van der Waals surface area contributed by atoms with E-state index >= 15 is 0 Å². The molecule has 15 heavy (non-hydrogen) atoms. The minimum absolute atomic E-state index is 0.182. The molecule has 80 valence electrons. The SMILES string of the molecule is CCC(=O)CC(=O)c1c(F)cccc1F. The number of benzene rings is 1. The molecule has 0 unspecified atom stereocenters. The van der Waals surface area contributed by atoms with Crippen LogP contribution >= 0.6 is 0 Å². The molecular weight excluding hydrogens is 202 g/mol. The van der Waals surface area contributed by atoms with Gasteiger partial charge in [-0.2, -0.15) is 0 Å². The van der Waals surface area contributed by atoms with Crippen molar-refractivity contribution in [3.8, 4) is 0 Å². The molecule has 0 fully saturated rings. The maximum absolute atomic E-state index is 13.1. The zero-order valence-corrected chi connectivity index (χ0v) is 8.22. The highest BCUT2D eigenvalue weighted by molar-refractivity contribution is 6.08. The fourth-order valence-electron chi connectivity index (χ4n) is 1.16. The molecule has 0 aromatic heterocycles. The number of hydrogen-bond acceptors (Lipinski definition) is 2. The van der Waals surface area contributed by atoms with Crippen LogP contribution in [0.5, 0.6) is 0 Å². The molecule has 0 aliphatic carbocycles. The third-order valence-electron chi connectivity index (χ3n) is 1.99. The van der Waals surface area contributed by atoms with Crippen LogP contribution in [0, 0.1) is 11.6 Å². The summed E-state index contributed by atoms with van der Waals surface area (Å²) in [6.07, 6.45) is -0.268. The van der Waals surface area contributed by atoms with E-state index in [1.807, 2.05) is 0 Å². The number of carbonyl (C=O) groups excluding carboxylic acids is 2. The molecular formula is C11H10F2O2. The maximum Gasteiger partial charge on any atom is 0.176 e. The van der Waals surface area contributed by atoms with E-state index in [-0.39, 0.29) is 12.2 Å². The van der Waals surface area contributed by atoms with Gasteiger partial charge in [0, 0.05) is 6.42 Å². The zero-order valence-electron chi connectivity index (χ0n) is 8.22. The molecule has 0 bridgehead atoms. The van der Waals surface area contributed by atoms with Gasteiger partial charge in [0.2, 0.25) is 0 Å². The molecule has 4 heteroatoms. The second-order valence-electron chi connectivity index (χ2n) is 3.09. The van der Waals surface area contributed by atoms with Crippen LogP contribution in [0.1, 0.15) is 30.1 Å². The Labute approximate surface area is 85.9 Å². The van der Waals surface area contributed by atoms with Crippen molar-refractivity contribution in [1.29, 1.82) is 0 Å². The van der Waals surface area contributed by atoms with Crippen molar-refractivity contribution in [3.63, 3.8) is 0 Å². The Morgan fingerprint density at radius 3 is 2.20 bits per heavy atom. The number of carbonyl (C=O) groups is 2. The average Bonchev–Trinajstić information content (AvgIpc) is 2.17. The molecule has 0 saturated carbocycles. The summed E-state index contributed by atoms with van der Waals surface area (Å²) < 4.78 is 26.2. The highest BCUT2D eigenvalue weighted by atomic mass is 19.1. The first-order valence-corrected chi connectivity index (χ1v) is 4.55. The van der Waals surface area contributed by atoms with Crippen molar-refractivity contribution in [3.05, 3.63) is 35.4 Å². The lowest BCUT2D eigenvalue weighted by molar-refractivity contribution is -0.117. The van der Waals surface area contributed by atoms with Crippen molar-refractivity contribution < 1.29 is 18.4 Å². The molecule has 0 aliphatic heterocycles. The van der Waals surface area contributed by atoms with E-state index in [2.05, 4.69) is 0 Å². The molecule has 0 heterocycles. The predicted molar refractivity (Wildman–Crippen MR) is 50.6 cm³/mol. The van der Waals surface area contributed by atoms with Crippen molar-refractivity contribution in [1.82, 2.24) is 0 Å². The second-order valence-corrected chi connectivity index (χ2v) is 3.09. The molecule has 0 amide bonds. The lowest BCUT2D eigenvalue weighted by Crippen LogP contribution is -2.11. The molecule has 1 aromatic carbocycles. The normalized spacial score (nSPS) is 10.1.